The molecule has 0 saturated carbocycles. The Hall–Kier alpha value is -1.32. The van der Waals surface area contributed by atoms with Crippen molar-refractivity contribution in [3.63, 3.8) is 0 Å². The molecule has 0 aromatic rings. The molecule has 4 heteroatoms. The van der Waals surface area contributed by atoms with Crippen LogP contribution >= 0.6 is 0 Å². The number of carbonyl (C=O) groups excluding carboxylic acids is 1. The van der Waals surface area contributed by atoms with E-state index >= 15 is 0 Å². The maximum atomic E-state index is 10.9. The van der Waals surface area contributed by atoms with E-state index in [4.69, 9.17) is 9.84 Å². The van der Waals surface area contributed by atoms with Crippen LogP contribution in [0.5, 0.6) is 0 Å². The summed E-state index contributed by atoms with van der Waals surface area (Å²) >= 11 is 0. The summed E-state index contributed by atoms with van der Waals surface area (Å²) < 4.78 is 4.72. The molecule has 0 bridgehead atoms. The van der Waals surface area contributed by atoms with Crippen LogP contribution in [0.25, 0.3) is 0 Å². The highest BCUT2D eigenvalue weighted by Gasteiger charge is 2.02. The number of esters is 1. The summed E-state index contributed by atoms with van der Waals surface area (Å²) in [6.07, 6.45) is 5.41. The Morgan fingerprint density at radius 3 is 2.50 bits per heavy atom. The summed E-state index contributed by atoms with van der Waals surface area (Å²) in [5.41, 5.74) is 0. The first-order chi connectivity index (χ1) is 6.66. The van der Waals surface area contributed by atoms with Crippen molar-refractivity contribution in [3.05, 3.63) is 12.3 Å². The van der Waals surface area contributed by atoms with E-state index in [-0.39, 0.29) is 18.8 Å². The lowest BCUT2D eigenvalue weighted by atomic mass is 10.2. The molecule has 0 aliphatic heterocycles. The molecule has 1 N–H and O–H groups in total. The van der Waals surface area contributed by atoms with Gasteiger partial charge < -0.3 is 9.84 Å². The number of carbonyl (C=O) groups is 2. The molecule has 0 atom stereocenters. The summed E-state index contributed by atoms with van der Waals surface area (Å²) in [7, 11) is 0. The van der Waals surface area contributed by atoms with Crippen LogP contribution in [0.1, 0.15) is 39.0 Å². The molecule has 0 spiro atoms. The highest BCUT2D eigenvalue weighted by atomic mass is 16.5. The van der Waals surface area contributed by atoms with Crippen molar-refractivity contribution < 1.29 is 19.4 Å². The van der Waals surface area contributed by atoms with Gasteiger partial charge in [0.2, 0.25) is 0 Å². The Balaban J connectivity index is 3.35. The molecular weight excluding hydrogens is 184 g/mol. The zero-order valence-corrected chi connectivity index (χ0v) is 8.36. The number of allylic oxidation sites excluding steroid dienone is 1. The smallest absolute Gasteiger partial charge is 0.310 e. The monoisotopic (exact) mass is 200 g/mol. The molecule has 0 aromatic carbocycles. The van der Waals surface area contributed by atoms with Gasteiger partial charge in [-0.05, 0) is 25.3 Å². The number of hydrogen-bond acceptors (Lipinski definition) is 3. The van der Waals surface area contributed by atoms with Crippen molar-refractivity contribution in [3.8, 4) is 0 Å². The minimum absolute atomic E-state index is 0.109. The minimum atomic E-state index is -0.829. The van der Waals surface area contributed by atoms with Crippen LogP contribution in [0, 0.1) is 0 Å². The number of rotatable bonds is 7. The molecule has 0 amide bonds. The maximum Gasteiger partial charge on any atom is 0.310 e. The minimum Gasteiger partial charge on any atom is -0.481 e. The van der Waals surface area contributed by atoms with Crippen LogP contribution in [0.2, 0.25) is 0 Å². The fourth-order valence-corrected chi connectivity index (χ4v) is 0.825. The number of aliphatic carboxylic acids is 1. The second-order valence-electron chi connectivity index (χ2n) is 2.87. The number of unbranched alkanes of at least 4 members (excludes halogenated alkanes) is 1. The van der Waals surface area contributed by atoms with Crippen LogP contribution in [0.15, 0.2) is 12.3 Å². The highest BCUT2D eigenvalue weighted by molar-refractivity contribution is 5.70. The van der Waals surface area contributed by atoms with Gasteiger partial charge in [-0.3, -0.25) is 9.59 Å². The van der Waals surface area contributed by atoms with E-state index in [0.717, 1.165) is 6.42 Å². The van der Waals surface area contributed by atoms with Crippen molar-refractivity contribution in [1.82, 2.24) is 0 Å². The number of hydrogen-bond donors (Lipinski definition) is 1. The third-order valence-corrected chi connectivity index (χ3v) is 1.55. The summed E-state index contributed by atoms with van der Waals surface area (Å²) in [5.74, 6) is -1.13. The van der Waals surface area contributed by atoms with Gasteiger partial charge in [0.25, 0.3) is 0 Å². The van der Waals surface area contributed by atoms with Crippen LogP contribution in [0.4, 0.5) is 0 Å². The van der Waals surface area contributed by atoms with E-state index in [1.165, 1.54) is 6.26 Å². The lowest BCUT2D eigenvalue weighted by Gasteiger charge is -1.97. The molecule has 0 rings (SSSR count). The Morgan fingerprint density at radius 2 is 1.93 bits per heavy atom. The van der Waals surface area contributed by atoms with Crippen LogP contribution in [-0.4, -0.2) is 17.0 Å². The zero-order chi connectivity index (χ0) is 10.8. The third-order valence-electron chi connectivity index (χ3n) is 1.55. The molecule has 0 fully saturated rings. The first-order valence-corrected chi connectivity index (χ1v) is 4.73. The maximum absolute atomic E-state index is 10.9. The van der Waals surface area contributed by atoms with Crippen molar-refractivity contribution in [1.29, 1.82) is 0 Å². The van der Waals surface area contributed by atoms with Gasteiger partial charge in [-0.1, -0.05) is 6.92 Å². The van der Waals surface area contributed by atoms with Gasteiger partial charge in [0.15, 0.2) is 0 Å². The van der Waals surface area contributed by atoms with Crippen LogP contribution < -0.4 is 0 Å². The topological polar surface area (TPSA) is 63.6 Å². The standard InChI is InChI=1S/C10H16O4/c1-2-3-8-14-10(13)7-5-4-6-9(11)12/h3,8H,2,4-7H2,1H3,(H,11,12). The van der Waals surface area contributed by atoms with E-state index in [1.54, 1.807) is 6.08 Å². The molecule has 4 nitrogen and oxygen atoms in total. The molecule has 14 heavy (non-hydrogen) atoms. The average molecular weight is 200 g/mol. The largest absolute Gasteiger partial charge is 0.481 e. The van der Waals surface area contributed by atoms with E-state index in [2.05, 4.69) is 0 Å². The molecule has 0 aliphatic rings. The number of carboxylic acid groups (broad SMARTS) is 1. The SMILES string of the molecule is CCC=COC(=O)CCCCC(=O)O. The number of carboxylic acids is 1. The normalized spacial score (nSPS) is 10.4. The highest BCUT2D eigenvalue weighted by Crippen LogP contribution is 2.01. The average Bonchev–Trinajstić information content (AvgIpc) is 2.13. The molecule has 0 aliphatic carbocycles. The molecule has 0 heterocycles. The van der Waals surface area contributed by atoms with Crippen molar-refractivity contribution in [2.75, 3.05) is 0 Å². The second kappa shape index (κ2) is 8.29. The fourth-order valence-electron chi connectivity index (χ4n) is 0.825. The summed E-state index contributed by atoms with van der Waals surface area (Å²) in [6.45, 7) is 1.94. The van der Waals surface area contributed by atoms with Crippen molar-refractivity contribution >= 4 is 11.9 Å². The Bertz CT molecular complexity index is 208. The van der Waals surface area contributed by atoms with Gasteiger partial charge in [0.1, 0.15) is 0 Å². The lowest BCUT2D eigenvalue weighted by molar-refractivity contribution is -0.139. The first-order valence-electron chi connectivity index (χ1n) is 4.73. The molecule has 80 valence electrons. The molecule has 0 radical (unpaired) electrons. The predicted molar refractivity (Wildman–Crippen MR) is 51.6 cm³/mol. The van der Waals surface area contributed by atoms with Crippen LogP contribution in [-0.2, 0) is 14.3 Å². The number of ether oxygens (including phenoxy) is 1. The van der Waals surface area contributed by atoms with Gasteiger partial charge in [-0.15, -0.1) is 0 Å². The van der Waals surface area contributed by atoms with Gasteiger partial charge in [0, 0.05) is 12.8 Å². The Kier molecular flexibility index (Phi) is 7.50. The van der Waals surface area contributed by atoms with Gasteiger partial charge in [-0.2, -0.15) is 0 Å². The van der Waals surface area contributed by atoms with Crippen molar-refractivity contribution in [2.24, 2.45) is 0 Å². The Labute approximate surface area is 83.6 Å². The van der Waals surface area contributed by atoms with E-state index in [1.807, 2.05) is 6.92 Å². The van der Waals surface area contributed by atoms with E-state index in [0.29, 0.717) is 12.8 Å². The second-order valence-corrected chi connectivity index (χ2v) is 2.87. The first kappa shape index (κ1) is 12.7. The lowest BCUT2D eigenvalue weighted by Crippen LogP contribution is -2.00. The van der Waals surface area contributed by atoms with E-state index < -0.39 is 5.97 Å². The van der Waals surface area contributed by atoms with Crippen molar-refractivity contribution in [2.45, 2.75) is 39.0 Å². The Morgan fingerprint density at radius 1 is 1.29 bits per heavy atom. The quantitative estimate of drug-likeness (QED) is 0.388. The third kappa shape index (κ3) is 8.77. The predicted octanol–water partition coefficient (Wildman–Crippen LogP) is 2.10. The summed E-state index contributed by atoms with van der Waals surface area (Å²) in [6, 6.07) is 0. The summed E-state index contributed by atoms with van der Waals surface area (Å²) in [4.78, 5) is 21.1. The zero-order valence-electron chi connectivity index (χ0n) is 8.36. The molecule has 0 saturated heterocycles. The van der Waals surface area contributed by atoms with Gasteiger partial charge >= 0.3 is 11.9 Å². The molecular formula is C10H16O4. The van der Waals surface area contributed by atoms with Gasteiger partial charge in [0.05, 0.1) is 6.26 Å². The molecule has 0 aromatic heterocycles. The van der Waals surface area contributed by atoms with Crippen LogP contribution in [0.3, 0.4) is 0 Å². The van der Waals surface area contributed by atoms with Gasteiger partial charge in [-0.25, -0.2) is 0 Å². The fraction of sp³-hybridized carbons (Fsp3) is 0.600. The molecule has 0 unspecified atom stereocenters. The summed E-state index contributed by atoms with van der Waals surface area (Å²) in [5, 5.41) is 8.32. The van der Waals surface area contributed by atoms with E-state index in [9.17, 15) is 9.59 Å².